The van der Waals surface area contributed by atoms with Crippen molar-refractivity contribution in [3.05, 3.63) is 48.8 Å². The van der Waals surface area contributed by atoms with Crippen LogP contribution < -0.4 is 5.32 Å². The van der Waals surface area contributed by atoms with Gasteiger partial charge < -0.3 is 14.8 Å². The van der Waals surface area contributed by atoms with Crippen LogP contribution in [0.5, 0.6) is 0 Å². The summed E-state index contributed by atoms with van der Waals surface area (Å²) in [7, 11) is 0. The first-order chi connectivity index (χ1) is 10.7. The predicted octanol–water partition coefficient (Wildman–Crippen LogP) is 2.97. The van der Waals surface area contributed by atoms with Crippen LogP contribution in [0.4, 0.5) is 14.9 Å². The number of amides is 2. The van der Waals surface area contributed by atoms with Gasteiger partial charge in [-0.2, -0.15) is 0 Å². The molecule has 22 heavy (non-hydrogen) atoms. The van der Waals surface area contributed by atoms with Crippen molar-refractivity contribution in [1.82, 2.24) is 14.5 Å². The van der Waals surface area contributed by atoms with Crippen molar-refractivity contribution in [2.45, 2.75) is 19.4 Å². The van der Waals surface area contributed by atoms with Gasteiger partial charge in [0.05, 0.1) is 6.33 Å². The summed E-state index contributed by atoms with van der Waals surface area (Å²) < 4.78 is 14.9. The van der Waals surface area contributed by atoms with Gasteiger partial charge in [-0.15, -0.1) is 0 Å². The Balaban J connectivity index is 1.48. The number of benzene rings is 1. The number of hydrogen-bond donors (Lipinski definition) is 1. The summed E-state index contributed by atoms with van der Waals surface area (Å²) in [5, 5.41) is 2.80. The number of aromatic nitrogens is 2. The normalized spacial score (nSPS) is 15.8. The van der Waals surface area contributed by atoms with Crippen molar-refractivity contribution in [1.29, 1.82) is 0 Å². The third-order valence-electron chi connectivity index (χ3n) is 4.03. The van der Waals surface area contributed by atoms with Crippen LogP contribution in [0.2, 0.25) is 0 Å². The minimum atomic E-state index is -0.307. The van der Waals surface area contributed by atoms with E-state index in [4.69, 9.17) is 0 Å². The van der Waals surface area contributed by atoms with Gasteiger partial charge >= 0.3 is 6.03 Å². The molecule has 5 nitrogen and oxygen atoms in total. The molecule has 6 heteroatoms. The molecule has 1 aliphatic rings. The number of halogens is 1. The summed E-state index contributed by atoms with van der Waals surface area (Å²) in [5.41, 5.74) is 0.618. The number of rotatable bonds is 3. The zero-order valence-electron chi connectivity index (χ0n) is 12.3. The third kappa shape index (κ3) is 3.63. The van der Waals surface area contributed by atoms with Gasteiger partial charge in [-0.05, 0) is 43.0 Å². The van der Waals surface area contributed by atoms with Gasteiger partial charge in [-0.25, -0.2) is 14.2 Å². The smallest absolute Gasteiger partial charge is 0.321 e. The highest BCUT2D eigenvalue weighted by Crippen LogP contribution is 2.20. The lowest BCUT2D eigenvalue weighted by Crippen LogP contribution is -2.41. The fourth-order valence-electron chi connectivity index (χ4n) is 2.75. The predicted molar refractivity (Wildman–Crippen MR) is 81.9 cm³/mol. The molecule has 1 N–H and O–H groups in total. The van der Waals surface area contributed by atoms with Crippen molar-refractivity contribution in [3.63, 3.8) is 0 Å². The van der Waals surface area contributed by atoms with Gasteiger partial charge in [0.2, 0.25) is 0 Å². The van der Waals surface area contributed by atoms with Crippen molar-refractivity contribution < 1.29 is 9.18 Å². The zero-order chi connectivity index (χ0) is 15.4. The number of nitrogens with one attached hydrogen (secondary N) is 1. The number of piperidine rings is 1. The monoisotopic (exact) mass is 302 g/mol. The molecule has 1 aromatic carbocycles. The second kappa shape index (κ2) is 6.60. The molecule has 2 heterocycles. The highest BCUT2D eigenvalue weighted by molar-refractivity contribution is 5.89. The fraction of sp³-hybridized carbons (Fsp3) is 0.375. The minimum Gasteiger partial charge on any atom is -0.337 e. The summed E-state index contributed by atoms with van der Waals surface area (Å²) in [6.07, 6.45) is 7.54. The Hall–Kier alpha value is -2.37. The van der Waals surface area contributed by atoms with Crippen molar-refractivity contribution in [2.75, 3.05) is 18.4 Å². The van der Waals surface area contributed by atoms with E-state index in [1.54, 1.807) is 18.3 Å². The SMILES string of the molecule is O=C(Nc1ccc(F)cc1)N1CCC(Cn2ccnc2)CC1. The van der Waals surface area contributed by atoms with E-state index in [0.29, 0.717) is 11.6 Å². The second-order valence-electron chi connectivity index (χ2n) is 5.63. The maximum absolute atomic E-state index is 12.8. The molecule has 3 rings (SSSR count). The van der Waals surface area contributed by atoms with Gasteiger partial charge in [0.15, 0.2) is 0 Å². The molecule has 1 aliphatic heterocycles. The highest BCUT2D eigenvalue weighted by Gasteiger charge is 2.23. The molecule has 0 unspecified atom stereocenters. The number of nitrogens with zero attached hydrogens (tertiary/aromatic N) is 3. The van der Waals surface area contributed by atoms with Crippen LogP contribution in [0.3, 0.4) is 0 Å². The zero-order valence-corrected chi connectivity index (χ0v) is 12.3. The maximum atomic E-state index is 12.8. The summed E-state index contributed by atoms with van der Waals surface area (Å²) >= 11 is 0. The summed E-state index contributed by atoms with van der Waals surface area (Å²) in [5.74, 6) is 0.266. The molecular weight excluding hydrogens is 283 g/mol. The van der Waals surface area contributed by atoms with Crippen molar-refractivity contribution >= 4 is 11.7 Å². The summed E-state index contributed by atoms with van der Waals surface area (Å²) in [4.78, 5) is 18.0. The van der Waals surface area contributed by atoms with Crippen LogP contribution in [-0.4, -0.2) is 33.6 Å². The topological polar surface area (TPSA) is 50.2 Å². The van der Waals surface area contributed by atoms with E-state index in [0.717, 1.165) is 32.5 Å². The molecule has 2 amide bonds. The van der Waals surface area contributed by atoms with E-state index in [1.165, 1.54) is 12.1 Å². The van der Waals surface area contributed by atoms with E-state index in [2.05, 4.69) is 14.9 Å². The number of hydrogen-bond acceptors (Lipinski definition) is 2. The van der Waals surface area contributed by atoms with E-state index < -0.39 is 0 Å². The second-order valence-corrected chi connectivity index (χ2v) is 5.63. The van der Waals surface area contributed by atoms with Crippen LogP contribution in [0.15, 0.2) is 43.0 Å². The third-order valence-corrected chi connectivity index (χ3v) is 4.03. The van der Waals surface area contributed by atoms with Crippen molar-refractivity contribution in [3.8, 4) is 0 Å². The number of anilines is 1. The van der Waals surface area contributed by atoms with Crippen molar-refractivity contribution in [2.24, 2.45) is 5.92 Å². The van der Waals surface area contributed by atoms with Crippen LogP contribution in [0, 0.1) is 11.7 Å². The fourth-order valence-corrected chi connectivity index (χ4v) is 2.75. The Morgan fingerprint density at radius 1 is 1.27 bits per heavy atom. The first-order valence-corrected chi connectivity index (χ1v) is 7.48. The van der Waals surface area contributed by atoms with Crippen LogP contribution in [0.1, 0.15) is 12.8 Å². The molecule has 0 aliphatic carbocycles. The Kier molecular flexibility index (Phi) is 4.37. The molecule has 116 valence electrons. The van der Waals surface area contributed by atoms with Gasteiger partial charge in [0.1, 0.15) is 5.82 Å². The van der Waals surface area contributed by atoms with E-state index in [9.17, 15) is 9.18 Å². The molecule has 0 atom stereocenters. The van der Waals surface area contributed by atoms with E-state index >= 15 is 0 Å². The average Bonchev–Trinajstić information content (AvgIpc) is 3.03. The number of imidazole rings is 1. The lowest BCUT2D eigenvalue weighted by Gasteiger charge is -2.32. The lowest BCUT2D eigenvalue weighted by atomic mass is 9.97. The van der Waals surface area contributed by atoms with Gasteiger partial charge in [0.25, 0.3) is 0 Å². The molecule has 0 spiro atoms. The maximum Gasteiger partial charge on any atom is 0.321 e. The van der Waals surface area contributed by atoms with Gasteiger partial charge in [-0.3, -0.25) is 0 Å². The summed E-state index contributed by atoms with van der Waals surface area (Å²) in [6.45, 7) is 2.44. The summed E-state index contributed by atoms with van der Waals surface area (Å²) in [6, 6.07) is 5.70. The lowest BCUT2D eigenvalue weighted by molar-refractivity contribution is 0.177. The Morgan fingerprint density at radius 3 is 2.64 bits per heavy atom. The molecule has 1 saturated heterocycles. The first-order valence-electron chi connectivity index (χ1n) is 7.48. The van der Waals surface area contributed by atoms with E-state index in [-0.39, 0.29) is 11.8 Å². The van der Waals surface area contributed by atoms with Gasteiger partial charge in [-0.1, -0.05) is 0 Å². The van der Waals surface area contributed by atoms with E-state index in [1.807, 2.05) is 17.4 Å². The number of urea groups is 1. The quantitative estimate of drug-likeness (QED) is 0.947. The molecule has 1 fully saturated rings. The average molecular weight is 302 g/mol. The highest BCUT2D eigenvalue weighted by atomic mass is 19.1. The van der Waals surface area contributed by atoms with Crippen LogP contribution in [-0.2, 0) is 6.54 Å². The number of carbonyl (C=O) groups is 1. The molecular formula is C16H19FN4O. The first kappa shape index (κ1) is 14.6. The molecule has 1 aromatic heterocycles. The molecule has 0 bridgehead atoms. The standard InChI is InChI=1S/C16H19FN4O/c17-14-1-3-15(4-2-14)19-16(22)21-8-5-13(6-9-21)11-20-10-7-18-12-20/h1-4,7,10,12-13H,5-6,8-9,11H2,(H,19,22). The largest absolute Gasteiger partial charge is 0.337 e. The number of carbonyl (C=O) groups excluding carboxylic acids is 1. The number of likely N-dealkylation sites (tertiary alicyclic amines) is 1. The molecule has 2 aromatic rings. The Labute approximate surface area is 128 Å². The molecule has 0 saturated carbocycles. The van der Waals surface area contributed by atoms with Crippen LogP contribution in [0.25, 0.3) is 0 Å². The van der Waals surface area contributed by atoms with Crippen LogP contribution >= 0.6 is 0 Å². The Bertz CT molecular complexity index is 604. The molecule has 0 radical (unpaired) electrons. The minimum absolute atomic E-state index is 0.118. The van der Waals surface area contributed by atoms with Gasteiger partial charge in [0, 0.05) is 37.7 Å². The Morgan fingerprint density at radius 2 is 2.00 bits per heavy atom.